The van der Waals surface area contributed by atoms with Gasteiger partial charge in [0.25, 0.3) is 0 Å². The van der Waals surface area contributed by atoms with Gasteiger partial charge in [0.05, 0.1) is 17.9 Å². The summed E-state index contributed by atoms with van der Waals surface area (Å²) in [6.45, 7) is 4.68. The van der Waals surface area contributed by atoms with E-state index < -0.39 is 19.1 Å². The SMILES string of the molecule is CCCC1=C2B(O)O[C@H](c3cccc(O)c3)C[C@H]2[C@H]2C(=O)N(C3CCN(Cc4ccccc4)CC3)C(=O)[C@H]2C1. The van der Waals surface area contributed by atoms with E-state index in [9.17, 15) is 19.7 Å². The third-order valence-corrected chi connectivity index (χ3v) is 9.21. The number of phenols is 1. The van der Waals surface area contributed by atoms with Crippen molar-refractivity contribution in [2.24, 2.45) is 17.8 Å². The zero-order valence-corrected chi connectivity index (χ0v) is 22.5. The highest BCUT2D eigenvalue weighted by molar-refractivity contribution is 6.53. The van der Waals surface area contributed by atoms with Crippen molar-refractivity contribution in [1.29, 1.82) is 0 Å². The van der Waals surface area contributed by atoms with E-state index in [1.54, 1.807) is 23.1 Å². The fourth-order valence-corrected chi connectivity index (χ4v) is 7.45. The first-order valence-electron chi connectivity index (χ1n) is 14.4. The van der Waals surface area contributed by atoms with Crippen LogP contribution in [0, 0.1) is 17.8 Å². The second kappa shape index (κ2) is 10.9. The van der Waals surface area contributed by atoms with Crippen molar-refractivity contribution in [3.8, 4) is 5.75 Å². The predicted molar refractivity (Wildman–Crippen MR) is 148 cm³/mol. The maximum Gasteiger partial charge on any atom is 0.487 e. The molecule has 0 saturated carbocycles. The van der Waals surface area contributed by atoms with Crippen LogP contribution in [0.1, 0.15) is 62.7 Å². The van der Waals surface area contributed by atoms with Gasteiger partial charge in [-0.05, 0) is 66.8 Å². The van der Waals surface area contributed by atoms with Crippen LogP contribution in [0.25, 0.3) is 0 Å². The van der Waals surface area contributed by atoms with Gasteiger partial charge in [-0.2, -0.15) is 0 Å². The number of aromatic hydroxyl groups is 1. The largest absolute Gasteiger partial charge is 0.508 e. The van der Waals surface area contributed by atoms with Crippen LogP contribution >= 0.6 is 0 Å². The molecule has 3 heterocycles. The molecular formula is C31H37BN2O5. The van der Waals surface area contributed by atoms with Crippen LogP contribution in [-0.2, 0) is 20.8 Å². The van der Waals surface area contributed by atoms with Gasteiger partial charge in [0.2, 0.25) is 11.8 Å². The first-order valence-corrected chi connectivity index (χ1v) is 14.4. The fraction of sp³-hybridized carbons (Fsp3) is 0.484. The summed E-state index contributed by atoms with van der Waals surface area (Å²) in [5, 5.41) is 21.2. The van der Waals surface area contributed by atoms with Crippen molar-refractivity contribution in [1.82, 2.24) is 9.80 Å². The maximum atomic E-state index is 14.1. The van der Waals surface area contributed by atoms with Crippen molar-refractivity contribution in [3.05, 3.63) is 76.8 Å². The summed E-state index contributed by atoms with van der Waals surface area (Å²) >= 11 is 0. The Labute approximate surface area is 230 Å². The second-order valence-corrected chi connectivity index (χ2v) is 11.6. The summed E-state index contributed by atoms with van der Waals surface area (Å²) in [5.74, 6) is -1.06. The molecule has 0 aromatic heterocycles. The van der Waals surface area contributed by atoms with E-state index in [1.165, 1.54) is 5.56 Å². The number of carbonyl (C=O) groups is 2. The van der Waals surface area contributed by atoms with Crippen LogP contribution in [0.4, 0.5) is 0 Å². The van der Waals surface area contributed by atoms with Gasteiger partial charge in [0.1, 0.15) is 5.75 Å². The Kier molecular flexibility index (Phi) is 7.36. The number of allylic oxidation sites excluding steroid dienone is 2. The van der Waals surface area contributed by atoms with Crippen molar-refractivity contribution in [3.63, 3.8) is 0 Å². The normalized spacial score (nSPS) is 28.2. The van der Waals surface area contributed by atoms with Crippen LogP contribution in [-0.4, -0.2) is 58.0 Å². The summed E-state index contributed by atoms with van der Waals surface area (Å²) < 4.78 is 6.06. The van der Waals surface area contributed by atoms with Gasteiger partial charge in [0, 0.05) is 25.7 Å². The van der Waals surface area contributed by atoms with Gasteiger partial charge < -0.3 is 14.8 Å². The lowest BCUT2D eigenvalue weighted by molar-refractivity contribution is -0.144. The molecule has 6 rings (SSSR count). The lowest BCUT2D eigenvalue weighted by Gasteiger charge is -2.42. The average Bonchev–Trinajstić information content (AvgIpc) is 3.19. The molecule has 2 aromatic carbocycles. The second-order valence-electron chi connectivity index (χ2n) is 11.6. The van der Waals surface area contributed by atoms with Gasteiger partial charge >= 0.3 is 7.12 Å². The Bertz CT molecular complexity index is 1260. The maximum absolute atomic E-state index is 14.1. The smallest absolute Gasteiger partial charge is 0.487 e. The number of amides is 2. The van der Waals surface area contributed by atoms with E-state index in [0.717, 1.165) is 61.9 Å². The van der Waals surface area contributed by atoms with Gasteiger partial charge in [-0.15, -0.1) is 0 Å². The first kappa shape index (κ1) is 26.3. The minimum Gasteiger partial charge on any atom is -0.508 e. The van der Waals surface area contributed by atoms with Crippen LogP contribution in [0.15, 0.2) is 65.6 Å². The van der Waals surface area contributed by atoms with Crippen molar-refractivity contribution < 1.29 is 24.4 Å². The quantitative estimate of drug-likeness (QED) is 0.431. The third-order valence-electron chi connectivity index (χ3n) is 9.21. The molecule has 8 heteroatoms. The fourth-order valence-electron chi connectivity index (χ4n) is 7.45. The standard InChI is InChI=1S/C31H37BN2O5/c1-2-7-22-17-26-28(25-18-27(39-32(38)29(22)25)21-10-6-11-24(35)16-21)31(37)34(30(26)36)23-12-14-33(15-13-23)19-20-8-4-3-5-9-20/h3-6,8-11,16,23,25-28,35,38H,2,7,12-15,17-19H2,1H3/t25-,26-,27-,28+/m0/s1. The number of hydrogen-bond donors (Lipinski definition) is 2. The van der Waals surface area contributed by atoms with Crippen molar-refractivity contribution >= 4 is 18.9 Å². The van der Waals surface area contributed by atoms with Crippen LogP contribution in [0.2, 0.25) is 0 Å². The minimum absolute atomic E-state index is 0.0333. The van der Waals surface area contributed by atoms with Crippen molar-refractivity contribution in [2.45, 2.75) is 64.1 Å². The average molecular weight is 528 g/mol. The molecule has 7 nitrogen and oxygen atoms in total. The molecule has 0 radical (unpaired) electrons. The molecular weight excluding hydrogens is 491 g/mol. The first-order chi connectivity index (χ1) is 18.9. The van der Waals surface area contributed by atoms with Gasteiger partial charge in [0.15, 0.2) is 0 Å². The lowest BCUT2D eigenvalue weighted by Crippen LogP contribution is -2.48. The summed E-state index contributed by atoms with van der Waals surface area (Å²) in [7, 11) is -1.11. The molecule has 204 valence electrons. The molecule has 0 spiro atoms. The van der Waals surface area contributed by atoms with E-state index in [1.807, 2.05) is 12.1 Å². The summed E-state index contributed by atoms with van der Waals surface area (Å²) in [6, 6.07) is 17.2. The minimum atomic E-state index is -1.11. The van der Waals surface area contributed by atoms with Gasteiger partial charge in [-0.1, -0.05) is 61.4 Å². The van der Waals surface area contributed by atoms with E-state index in [4.69, 9.17) is 4.65 Å². The molecule has 4 atom stereocenters. The highest BCUT2D eigenvalue weighted by Crippen LogP contribution is 2.52. The molecule has 3 aliphatic heterocycles. The molecule has 2 aromatic rings. The molecule has 2 N–H and O–H groups in total. The van der Waals surface area contributed by atoms with E-state index in [2.05, 4.69) is 36.1 Å². The molecule has 4 aliphatic rings. The Hall–Kier alpha value is -2.94. The lowest BCUT2D eigenvalue weighted by atomic mass is 9.54. The number of benzene rings is 2. The predicted octanol–water partition coefficient (Wildman–Crippen LogP) is 4.26. The Morgan fingerprint density at radius 2 is 1.77 bits per heavy atom. The molecule has 3 fully saturated rings. The molecule has 39 heavy (non-hydrogen) atoms. The zero-order valence-electron chi connectivity index (χ0n) is 22.5. The number of likely N-dealkylation sites (tertiary alicyclic amines) is 2. The Balaban J connectivity index is 1.23. The number of nitrogens with zero attached hydrogens (tertiary/aromatic N) is 2. The highest BCUT2D eigenvalue weighted by atomic mass is 16.5. The van der Waals surface area contributed by atoms with Crippen LogP contribution in [0.5, 0.6) is 5.75 Å². The van der Waals surface area contributed by atoms with E-state index in [-0.39, 0.29) is 35.4 Å². The zero-order chi connectivity index (χ0) is 27.1. The van der Waals surface area contributed by atoms with Crippen LogP contribution < -0.4 is 0 Å². The van der Waals surface area contributed by atoms with E-state index in [0.29, 0.717) is 12.8 Å². The summed E-state index contributed by atoms with van der Waals surface area (Å²) in [5.41, 5.74) is 3.94. The van der Waals surface area contributed by atoms with Crippen LogP contribution in [0.3, 0.4) is 0 Å². The van der Waals surface area contributed by atoms with Gasteiger partial charge in [-0.25, -0.2) is 0 Å². The number of rotatable bonds is 6. The van der Waals surface area contributed by atoms with E-state index >= 15 is 0 Å². The monoisotopic (exact) mass is 528 g/mol. The number of fused-ring (bicyclic) bond motifs is 3. The van der Waals surface area contributed by atoms with Gasteiger partial charge in [-0.3, -0.25) is 19.4 Å². The third kappa shape index (κ3) is 4.94. The number of piperidine rings is 1. The topological polar surface area (TPSA) is 90.3 Å². The number of phenolic OH excluding ortho intramolecular Hbond substituents is 1. The molecule has 0 unspecified atom stereocenters. The summed E-state index contributed by atoms with van der Waals surface area (Å²) in [6.07, 6.45) is 3.83. The molecule has 3 saturated heterocycles. The Morgan fingerprint density at radius 1 is 1.00 bits per heavy atom. The number of imide groups is 1. The molecule has 2 amide bonds. The summed E-state index contributed by atoms with van der Waals surface area (Å²) in [4.78, 5) is 31.9. The molecule has 0 bridgehead atoms. The number of hydrogen-bond acceptors (Lipinski definition) is 6. The highest BCUT2D eigenvalue weighted by Gasteiger charge is 2.58. The molecule has 1 aliphatic carbocycles. The Morgan fingerprint density at radius 3 is 2.49 bits per heavy atom. The number of carbonyl (C=O) groups excluding carboxylic acids is 2. The van der Waals surface area contributed by atoms with Crippen molar-refractivity contribution in [2.75, 3.05) is 13.1 Å².